The normalized spacial score (nSPS) is 10.0. The number of rotatable bonds is 5. The van der Waals surface area contributed by atoms with Gasteiger partial charge in [0.15, 0.2) is 10.7 Å². The summed E-state index contributed by atoms with van der Waals surface area (Å²) < 4.78 is 23.5. The van der Waals surface area contributed by atoms with Gasteiger partial charge < -0.3 is 4.84 Å². The molecule has 0 spiro atoms. The van der Waals surface area contributed by atoms with Crippen LogP contribution in [0.1, 0.15) is 0 Å². The molecule has 0 aromatic carbocycles. The van der Waals surface area contributed by atoms with Crippen LogP contribution in [-0.4, -0.2) is 14.4 Å². The molecule has 0 saturated heterocycles. The average molecular weight is 170 g/mol. The lowest BCUT2D eigenvalue weighted by Crippen LogP contribution is -2.07. The molecular weight excluding hydrogens is 168 g/mol. The van der Waals surface area contributed by atoms with Crippen molar-refractivity contribution in [2.75, 3.05) is 5.94 Å². The summed E-state index contributed by atoms with van der Waals surface area (Å²) in [6.45, 7) is 0. The maximum absolute atomic E-state index is 10.1. The van der Waals surface area contributed by atoms with Crippen molar-refractivity contribution >= 4 is 10.1 Å². The Kier molecular flexibility index (Phi) is 3.25. The van der Waals surface area contributed by atoms with E-state index in [1.165, 1.54) is 0 Å². The highest BCUT2D eigenvalue weighted by molar-refractivity contribution is 7.86. The van der Waals surface area contributed by atoms with E-state index in [9.17, 15) is 8.42 Å². The molecule has 0 fully saturated rings. The summed E-state index contributed by atoms with van der Waals surface area (Å²) in [5.41, 5.74) is 0. The molecule has 0 aliphatic rings. The van der Waals surface area contributed by atoms with Gasteiger partial charge in [0.1, 0.15) is 0 Å². The zero-order valence-corrected chi connectivity index (χ0v) is 5.28. The molecule has 58 valence electrons. The summed E-state index contributed by atoms with van der Waals surface area (Å²) in [6.07, 6.45) is 0. The Bertz CT molecular complexity index is 206. The van der Waals surface area contributed by atoms with E-state index in [2.05, 4.69) is 9.12 Å². The van der Waals surface area contributed by atoms with E-state index in [4.69, 9.17) is 9.81 Å². The Labute approximate surface area is 55.1 Å². The van der Waals surface area contributed by atoms with Crippen molar-refractivity contribution in [1.82, 2.24) is 0 Å². The molecule has 0 aromatic heterocycles. The second kappa shape index (κ2) is 3.71. The molecule has 0 aliphatic heterocycles. The molecule has 8 nitrogen and oxygen atoms in total. The van der Waals surface area contributed by atoms with Crippen molar-refractivity contribution < 1.29 is 17.5 Å². The first-order valence-electron chi connectivity index (χ1n) is 1.81. The number of hydrogen-bond acceptors (Lipinski definition) is 8. The highest BCUT2D eigenvalue weighted by Gasteiger charge is 2.12. The van der Waals surface area contributed by atoms with Crippen LogP contribution >= 0.6 is 0 Å². The minimum atomic E-state index is -4.19. The van der Waals surface area contributed by atoms with Crippen LogP contribution in [0.15, 0.2) is 10.7 Å². The van der Waals surface area contributed by atoms with E-state index in [-0.39, 0.29) is 0 Å². The molecule has 0 N–H and O–H groups in total. The Morgan fingerprint density at radius 3 is 2.20 bits per heavy atom. The van der Waals surface area contributed by atoms with E-state index < -0.39 is 16.1 Å². The Hall–Kier alpha value is -1.25. The van der Waals surface area contributed by atoms with Crippen molar-refractivity contribution in [3.8, 4) is 0 Å². The van der Waals surface area contributed by atoms with Crippen LogP contribution in [0.25, 0.3) is 0 Å². The summed E-state index contributed by atoms with van der Waals surface area (Å²) in [4.78, 5) is 21.8. The van der Waals surface area contributed by atoms with Crippen LogP contribution in [0.5, 0.6) is 0 Å². The molecule has 0 unspecified atom stereocenters. The third-order valence-electron chi connectivity index (χ3n) is 0.394. The first-order valence-corrected chi connectivity index (χ1v) is 3.38. The van der Waals surface area contributed by atoms with E-state index in [1.807, 2.05) is 0 Å². The minimum Gasteiger partial charge on any atom is -0.344 e. The predicted octanol–water partition coefficient (Wildman–Crippen LogP) is -0.330. The van der Waals surface area contributed by atoms with Gasteiger partial charge in [-0.3, -0.25) is 0 Å². The summed E-state index contributed by atoms with van der Waals surface area (Å²) in [7, 11) is -4.19. The third kappa shape index (κ3) is 3.72. The Morgan fingerprint density at radius 1 is 1.20 bits per heavy atom. The van der Waals surface area contributed by atoms with Crippen LogP contribution in [0.4, 0.5) is 0 Å². The summed E-state index contributed by atoms with van der Waals surface area (Å²) in [5, 5.41) is 3.35. The van der Waals surface area contributed by atoms with Crippen molar-refractivity contribution in [3.63, 3.8) is 0 Å². The molecule has 0 saturated carbocycles. The Balaban J connectivity index is 3.87. The van der Waals surface area contributed by atoms with Crippen LogP contribution < -0.4 is 0 Å². The molecule has 10 heavy (non-hydrogen) atoms. The summed E-state index contributed by atoms with van der Waals surface area (Å²) in [6, 6.07) is 0. The Morgan fingerprint density at radius 2 is 1.80 bits per heavy atom. The standard InChI is InChI=1S/CH2N2O6S/c4-2-8-1-10(6,7)9-3-5/h1H2. The summed E-state index contributed by atoms with van der Waals surface area (Å²) >= 11 is 0. The smallest absolute Gasteiger partial charge is 0.344 e. The lowest BCUT2D eigenvalue weighted by atomic mass is 11.7. The van der Waals surface area contributed by atoms with Gasteiger partial charge in [-0.25, -0.2) is 4.28 Å². The van der Waals surface area contributed by atoms with Gasteiger partial charge in [0.25, 0.3) is 5.94 Å². The number of nitrogens with zero attached hydrogens (tertiary/aromatic N) is 2. The summed E-state index contributed by atoms with van der Waals surface area (Å²) in [5.74, 6) is -1.12. The van der Waals surface area contributed by atoms with Crippen LogP contribution in [-0.2, 0) is 19.2 Å². The van der Waals surface area contributed by atoms with Crippen LogP contribution in [0.2, 0.25) is 0 Å². The SMILES string of the molecule is O=NOCS(=O)(=O)ON=O. The van der Waals surface area contributed by atoms with Gasteiger partial charge in [0, 0.05) is 0 Å². The third-order valence-corrected chi connectivity index (χ3v) is 1.08. The topological polar surface area (TPSA) is 111 Å². The lowest BCUT2D eigenvalue weighted by Gasteiger charge is -1.92. The van der Waals surface area contributed by atoms with E-state index in [0.29, 0.717) is 0 Å². The van der Waals surface area contributed by atoms with Gasteiger partial charge in [-0.15, -0.1) is 9.81 Å². The first kappa shape index (κ1) is 8.75. The van der Waals surface area contributed by atoms with Gasteiger partial charge in [-0.2, -0.15) is 8.42 Å². The maximum Gasteiger partial charge on any atom is 0.369 e. The van der Waals surface area contributed by atoms with E-state index in [0.717, 1.165) is 0 Å². The van der Waals surface area contributed by atoms with Gasteiger partial charge in [-0.1, -0.05) is 0 Å². The first-order chi connectivity index (χ1) is 4.62. The molecular formula is CH2N2O6S. The quantitative estimate of drug-likeness (QED) is 0.412. The molecule has 0 bridgehead atoms. The molecule has 0 atom stereocenters. The predicted molar refractivity (Wildman–Crippen MR) is 27.5 cm³/mol. The molecule has 0 aliphatic carbocycles. The largest absolute Gasteiger partial charge is 0.369 e. The highest BCUT2D eigenvalue weighted by atomic mass is 32.2. The van der Waals surface area contributed by atoms with Crippen molar-refractivity contribution in [2.24, 2.45) is 10.7 Å². The molecule has 0 aromatic rings. The van der Waals surface area contributed by atoms with Gasteiger partial charge in [0.05, 0.1) is 0 Å². The highest BCUT2D eigenvalue weighted by Crippen LogP contribution is 1.93. The fourth-order valence-corrected chi connectivity index (χ4v) is 0.462. The second-order valence-electron chi connectivity index (χ2n) is 1.03. The minimum absolute atomic E-state index is 1.12. The fraction of sp³-hybridized carbons (Fsp3) is 1.00. The number of hydrogen-bond donors (Lipinski definition) is 0. The second-order valence-corrected chi connectivity index (χ2v) is 2.53. The lowest BCUT2D eigenvalue weighted by molar-refractivity contribution is 0.170. The van der Waals surface area contributed by atoms with Crippen molar-refractivity contribution in [2.45, 2.75) is 0 Å². The van der Waals surface area contributed by atoms with Gasteiger partial charge in [0.2, 0.25) is 0 Å². The molecule has 0 amide bonds. The average Bonchev–Trinajstić information content (AvgIpc) is 1.84. The van der Waals surface area contributed by atoms with Crippen molar-refractivity contribution in [3.05, 3.63) is 9.81 Å². The molecule has 0 rings (SSSR count). The zero-order valence-electron chi connectivity index (χ0n) is 4.46. The van der Waals surface area contributed by atoms with Crippen LogP contribution in [0, 0.1) is 9.81 Å². The van der Waals surface area contributed by atoms with E-state index >= 15 is 0 Å². The molecule has 0 radical (unpaired) electrons. The van der Waals surface area contributed by atoms with Gasteiger partial charge in [-0.05, 0) is 0 Å². The monoisotopic (exact) mass is 170 g/mol. The van der Waals surface area contributed by atoms with Gasteiger partial charge >= 0.3 is 10.1 Å². The maximum atomic E-state index is 10.1. The zero-order chi connectivity index (χ0) is 8.04. The molecule has 9 heteroatoms. The fourth-order valence-electron chi connectivity index (χ4n) is 0.154. The van der Waals surface area contributed by atoms with E-state index in [1.54, 1.807) is 10.7 Å². The van der Waals surface area contributed by atoms with Crippen molar-refractivity contribution in [1.29, 1.82) is 0 Å². The van der Waals surface area contributed by atoms with Crippen LogP contribution in [0.3, 0.4) is 0 Å². The molecule has 0 heterocycles.